The van der Waals surface area contributed by atoms with Crippen molar-refractivity contribution in [3.8, 4) is 11.5 Å². The minimum atomic E-state index is -3.14. The molecule has 2 N–H and O–H groups in total. The number of nitrogens with one attached hydrogen (secondary N) is 2. The second-order valence-electron chi connectivity index (χ2n) is 11.8. The van der Waals surface area contributed by atoms with Crippen LogP contribution in [0.3, 0.4) is 0 Å². The highest BCUT2D eigenvalue weighted by Gasteiger charge is 2.27. The second-order valence-corrected chi connectivity index (χ2v) is 13.6. The Hall–Kier alpha value is -2.83. The molecule has 1 aromatic carbocycles. The molecule has 2 heterocycles. The number of anilines is 1. The molecule has 1 aliphatic carbocycles. The van der Waals surface area contributed by atoms with E-state index in [-0.39, 0.29) is 29.3 Å². The van der Waals surface area contributed by atoms with Crippen molar-refractivity contribution in [3.05, 3.63) is 42.1 Å². The number of benzene rings is 1. The summed E-state index contributed by atoms with van der Waals surface area (Å²) in [6.45, 7) is 9.79. The van der Waals surface area contributed by atoms with Crippen LogP contribution in [0.5, 0.6) is 11.5 Å². The number of hydrogen-bond donors (Lipinski definition) is 2. The van der Waals surface area contributed by atoms with Crippen molar-refractivity contribution in [3.63, 3.8) is 0 Å². The van der Waals surface area contributed by atoms with Gasteiger partial charge in [-0.3, -0.25) is 4.79 Å². The molecule has 2 aromatic rings. The average Bonchev–Trinajstić information content (AvgIpc) is 2.95. The van der Waals surface area contributed by atoms with E-state index in [1.165, 1.54) is 30.8 Å². The SMILES string of the molecule is CCN(C(=O)c1cc(F)ccc1Oc1cncnc1N1CCC(CNCC2CCC(NS(C)(=O)=O)CC2)CC1)C(C)C. The lowest BCUT2D eigenvalue weighted by Crippen LogP contribution is -2.40. The number of carbonyl (C=O) groups excluding carboxylic acids is 1. The molecule has 1 aliphatic heterocycles. The van der Waals surface area contributed by atoms with Crippen molar-refractivity contribution < 1.29 is 22.3 Å². The van der Waals surface area contributed by atoms with Gasteiger partial charge in [-0.15, -0.1) is 0 Å². The van der Waals surface area contributed by atoms with Crippen LogP contribution in [0.15, 0.2) is 30.7 Å². The van der Waals surface area contributed by atoms with Crippen LogP contribution in [-0.2, 0) is 10.0 Å². The number of piperidine rings is 1. The van der Waals surface area contributed by atoms with Gasteiger partial charge in [0.2, 0.25) is 10.0 Å². The van der Waals surface area contributed by atoms with Crippen molar-refractivity contribution in [2.24, 2.45) is 11.8 Å². The molecule has 1 aromatic heterocycles. The topological polar surface area (TPSA) is 117 Å². The van der Waals surface area contributed by atoms with E-state index in [1.807, 2.05) is 20.8 Å². The maximum absolute atomic E-state index is 14.2. The predicted octanol–water partition coefficient (Wildman–Crippen LogP) is 4.19. The fourth-order valence-corrected chi connectivity index (χ4v) is 6.86. The lowest BCUT2D eigenvalue weighted by Gasteiger charge is -2.34. The van der Waals surface area contributed by atoms with Gasteiger partial charge in [-0.05, 0) is 102 Å². The minimum Gasteiger partial charge on any atom is -0.451 e. The quantitative estimate of drug-likeness (QED) is 0.371. The highest BCUT2D eigenvalue weighted by atomic mass is 32.2. The predicted molar refractivity (Wildman–Crippen MR) is 162 cm³/mol. The lowest BCUT2D eigenvalue weighted by atomic mass is 9.86. The van der Waals surface area contributed by atoms with E-state index in [4.69, 9.17) is 4.74 Å². The number of nitrogens with zero attached hydrogens (tertiary/aromatic N) is 4. The standard InChI is InChI=1S/C30H45FN6O4S/c1-5-37(21(2)3)30(38)26-16-24(31)8-11-27(26)41-28-19-33-20-34-29(28)36-14-12-23(13-15-36)18-32-17-22-6-9-25(10-7-22)35-42(4,39)40/h8,11,16,19-23,25,32,35H,5-7,9-10,12-15,17-18H2,1-4H3. The lowest BCUT2D eigenvalue weighted by molar-refractivity contribution is 0.0713. The van der Waals surface area contributed by atoms with Crippen LogP contribution >= 0.6 is 0 Å². The first kappa shape index (κ1) is 32.1. The fraction of sp³-hybridized carbons (Fsp3) is 0.633. The molecular weight excluding hydrogens is 559 g/mol. The largest absolute Gasteiger partial charge is 0.451 e. The van der Waals surface area contributed by atoms with Crippen LogP contribution in [0.2, 0.25) is 0 Å². The van der Waals surface area contributed by atoms with Crippen LogP contribution in [0.25, 0.3) is 0 Å². The molecule has 2 aliphatic rings. The molecule has 12 heteroatoms. The van der Waals surface area contributed by atoms with Crippen LogP contribution in [0.4, 0.5) is 10.2 Å². The molecule has 0 bridgehead atoms. The van der Waals surface area contributed by atoms with Gasteiger partial charge in [-0.25, -0.2) is 27.5 Å². The Balaban J connectivity index is 1.31. The van der Waals surface area contributed by atoms with E-state index in [2.05, 4.69) is 24.9 Å². The Labute approximate surface area is 249 Å². The zero-order valence-electron chi connectivity index (χ0n) is 25.2. The summed E-state index contributed by atoms with van der Waals surface area (Å²) < 4.78 is 46.1. The normalized spacial score (nSPS) is 20.1. The first-order valence-electron chi connectivity index (χ1n) is 15.0. The van der Waals surface area contributed by atoms with Gasteiger partial charge in [-0.1, -0.05) is 0 Å². The van der Waals surface area contributed by atoms with Crippen molar-refractivity contribution in [2.75, 3.05) is 43.9 Å². The maximum atomic E-state index is 14.2. The number of hydrogen-bond acceptors (Lipinski definition) is 8. The summed E-state index contributed by atoms with van der Waals surface area (Å²) in [5, 5.41) is 3.66. The van der Waals surface area contributed by atoms with E-state index >= 15 is 0 Å². The Morgan fingerprint density at radius 1 is 1.10 bits per heavy atom. The van der Waals surface area contributed by atoms with Crippen LogP contribution in [0, 0.1) is 17.7 Å². The third kappa shape index (κ3) is 8.84. The summed E-state index contributed by atoms with van der Waals surface area (Å²) in [4.78, 5) is 25.8. The Morgan fingerprint density at radius 3 is 2.38 bits per heavy atom. The minimum absolute atomic E-state index is 0.0377. The number of aromatic nitrogens is 2. The number of ether oxygens (including phenoxy) is 1. The van der Waals surface area contributed by atoms with E-state index in [9.17, 15) is 17.6 Å². The number of halogens is 1. The van der Waals surface area contributed by atoms with Gasteiger partial charge >= 0.3 is 0 Å². The van der Waals surface area contributed by atoms with Gasteiger partial charge in [0, 0.05) is 31.7 Å². The summed E-state index contributed by atoms with van der Waals surface area (Å²) in [7, 11) is -3.14. The average molecular weight is 605 g/mol. The molecule has 1 saturated heterocycles. The molecule has 4 rings (SSSR count). The first-order chi connectivity index (χ1) is 20.0. The number of sulfonamides is 1. The molecule has 0 atom stereocenters. The Kier molecular flexibility index (Phi) is 11.1. The number of carbonyl (C=O) groups is 1. The van der Waals surface area contributed by atoms with Crippen molar-refractivity contribution in [2.45, 2.75) is 71.4 Å². The van der Waals surface area contributed by atoms with Gasteiger partial charge in [0.1, 0.15) is 17.9 Å². The molecular formula is C30H45FN6O4S. The van der Waals surface area contributed by atoms with Gasteiger partial charge < -0.3 is 19.9 Å². The van der Waals surface area contributed by atoms with Gasteiger partial charge in [-0.2, -0.15) is 0 Å². The number of rotatable bonds is 12. The zero-order chi connectivity index (χ0) is 30.3. The summed E-state index contributed by atoms with van der Waals surface area (Å²) in [5.74, 6) is 1.72. The van der Waals surface area contributed by atoms with E-state index in [0.29, 0.717) is 29.9 Å². The van der Waals surface area contributed by atoms with Gasteiger partial charge in [0.05, 0.1) is 18.0 Å². The van der Waals surface area contributed by atoms with Crippen LogP contribution in [-0.4, -0.2) is 80.3 Å². The summed E-state index contributed by atoms with van der Waals surface area (Å²) in [5.41, 5.74) is 0.172. The summed E-state index contributed by atoms with van der Waals surface area (Å²) in [6.07, 6.45) is 10.2. The molecule has 0 unspecified atom stereocenters. The molecule has 42 heavy (non-hydrogen) atoms. The maximum Gasteiger partial charge on any atom is 0.257 e. The van der Waals surface area contributed by atoms with Crippen LogP contribution < -0.4 is 19.7 Å². The first-order valence-corrected chi connectivity index (χ1v) is 16.9. The van der Waals surface area contributed by atoms with Crippen LogP contribution in [0.1, 0.15) is 69.7 Å². The van der Waals surface area contributed by atoms with Crippen molar-refractivity contribution in [1.82, 2.24) is 24.9 Å². The third-order valence-corrected chi connectivity index (χ3v) is 9.04. The molecule has 0 spiro atoms. The fourth-order valence-electron chi connectivity index (χ4n) is 6.02. The summed E-state index contributed by atoms with van der Waals surface area (Å²) in [6, 6.07) is 4.03. The number of amides is 1. The molecule has 232 valence electrons. The highest BCUT2D eigenvalue weighted by molar-refractivity contribution is 7.88. The molecule has 0 radical (unpaired) electrons. The van der Waals surface area contributed by atoms with Crippen molar-refractivity contribution >= 4 is 21.7 Å². The van der Waals surface area contributed by atoms with E-state index < -0.39 is 15.8 Å². The third-order valence-electron chi connectivity index (χ3n) is 8.28. The molecule has 1 amide bonds. The van der Waals surface area contributed by atoms with Crippen molar-refractivity contribution in [1.29, 1.82) is 0 Å². The second kappa shape index (κ2) is 14.6. The molecule has 10 nitrogen and oxygen atoms in total. The zero-order valence-corrected chi connectivity index (χ0v) is 26.0. The summed E-state index contributed by atoms with van der Waals surface area (Å²) >= 11 is 0. The monoisotopic (exact) mass is 604 g/mol. The van der Waals surface area contributed by atoms with Gasteiger partial charge in [0.15, 0.2) is 11.6 Å². The smallest absolute Gasteiger partial charge is 0.257 e. The molecule has 2 fully saturated rings. The molecule has 1 saturated carbocycles. The Bertz CT molecular complexity index is 1290. The Morgan fingerprint density at radius 2 is 1.76 bits per heavy atom. The van der Waals surface area contributed by atoms with E-state index in [1.54, 1.807) is 11.1 Å². The highest BCUT2D eigenvalue weighted by Crippen LogP contribution is 2.34. The van der Waals surface area contributed by atoms with Gasteiger partial charge in [0.25, 0.3) is 5.91 Å². The van der Waals surface area contributed by atoms with E-state index in [0.717, 1.165) is 64.7 Å².